The van der Waals surface area contributed by atoms with Crippen LogP contribution >= 0.6 is 0 Å². The lowest BCUT2D eigenvalue weighted by atomic mass is 10.1. The largest absolute Gasteiger partial charge is 0.497 e. The first-order valence-corrected chi connectivity index (χ1v) is 6.28. The van der Waals surface area contributed by atoms with Gasteiger partial charge in [0.25, 0.3) is 0 Å². The molecule has 0 unspecified atom stereocenters. The van der Waals surface area contributed by atoms with Crippen LogP contribution in [0.1, 0.15) is 16.7 Å². The minimum absolute atomic E-state index is 0.470. The first-order valence-electron chi connectivity index (χ1n) is 6.28. The highest BCUT2D eigenvalue weighted by molar-refractivity contribution is 5.38. The molecule has 0 aliphatic heterocycles. The molecule has 3 heteroatoms. The molecule has 0 amide bonds. The van der Waals surface area contributed by atoms with E-state index in [1.165, 1.54) is 11.1 Å². The van der Waals surface area contributed by atoms with Crippen LogP contribution in [-0.4, -0.2) is 7.11 Å². The Kier molecular flexibility index (Phi) is 4.42. The summed E-state index contributed by atoms with van der Waals surface area (Å²) in [7, 11) is 1.64. The maximum Gasteiger partial charge on any atom is 0.123 e. The summed E-state index contributed by atoms with van der Waals surface area (Å²) in [5.41, 5.74) is 9.07. The van der Waals surface area contributed by atoms with E-state index in [0.29, 0.717) is 13.2 Å². The van der Waals surface area contributed by atoms with E-state index in [0.717, 1.165) is 17.1 Å². The lowest BCUT2D eigenvalue weighted by Crippen LogP contribution is -2.01. The van der Waals surface area contributed by atoms with Gasteiger partial charge < -0.3 is 15.2 Å². The van der Waals surface area contributed by atoms with Crippen LogP contribution in [0.4, 0.5) is 0 Å². The Morgan fingerprint density at radius 2 is 1.79 bits per heavy atom. The number of hydrogen-bond acceptors (Lipinski definition) is 3. The number of ether oxygens (including phenoxy) is 2. The van der Waals surface area contributed by atoms with E-state index in [2.05, 4.69) is 19.1 Å². The van der Waals surface area contributed by atoms with Crippen LogP contribution in [0.2, 0.25) is 0 Å². The Hall–Kier alpha value is -2.00. The molecule has 0 spiro atoms. The fourth-order valence-electron chi connectivity index (χ4n) is 1.88. The summed E-state index contributed by atoms with van der Waals surface area (Å²) < 4.78 is 11.1. The van der Waals surface area contributed by atoms with Crippen LogP contribution in [-0.2, 0) is 13.2 Å². The highest BCUT2D eigenvalue weighted by Gasteiger charge is 2.03. The maximum atomic E-state index is 5.82. The molecule has 0 atom stereocenters. The van der Waals surface area contributed by atoms with E-state index in [1.54, 1.807) is 7.11 Å². The molecule has 0 radical (unpaired) electrons. The molecule has 100 valence electrons. The standard InChI is InChI=1S/C16H19NO2/c1-12-5-3-4-6-14(12)11-19-16-8-13(10-17)7-15(9-16)18-2/h3-9H,10-11,17H2,1-2H3. The molecule has 2 N–H and O–H groups in total. The molecule has 0 bridgehead atoms. The summed E-state index contributed by atoms with van der Waals surface area (Å²) in [6.45, 7) is 3.09. The predicted octanol–water partition coefficient (Wildman–Crippen LogP) is 3.04. The second-order valence-electron chi connectivity index (χ2n) is 4.44. The van der Waals surface area contributed by atoms with Crippen molar-refractivity contribution in [1.82, 2.24) is 0 Å². The number of aryl methyl sites for hydroxylation is 1. The fourth-order valence-corrected chi connectivity index (χ4v) is 1.88. The van der Waals surface area contributed by atoms with Gasteiger partial charge in [0.15, 0.2) is 0 Å². The molecule has 0 fully saturated rings. The average Bonchev–Trinajstić information content (AvgIpc) is 2.46. The quantitative estimate of drug-likeness (QED) is 0.895. The Bertz CT molecular complexity index is 530. The highest BCUT2D eigenvalue weighted by atomic mass is 16.5. The Morgan fingerprint density at radius 3 is 2.47 bits per heavy atom. The number of nitrogens with two attached hydrogens (primary N) is 1. The minimum atomic E-state index is 0.470. The van der Waals surface area contributed by atoms with Gasteiger partial charge in [-0.05, 0) is 35.7 Å². The average molecular weight is 257 g/mol. The van der Waals surface area contributed by atoms with Crippen LogP contribution in [0.15, 0.2) is 42.5 Å². The van der Waals surface area contributed by atoms with Gasteiger partial charge in [0, 0.05) is 12.6 Å². The van der Waals surface area contributed by atoms with E-state index >= 15 is 0 Å². The van der Waals surface area contributed by atoms with E-state index in [1.807, 2.05) is 30.3 Å². The summed E-state index contributed by atoms with van der Waals surface area (Å²) in [6, 6.07) is 13.9. The molecular weight excluding hydrogens is 238 g/mol. The normalized spacial score (nSPS) is 10.3. The van der Waals surface area contributed by atoms with Crippen molar-refractivity contribution in [2.45, 2.75) is 20.1 Å². The smallest absolute Gasteiger partial charge is 0.123 e. The third-order valence-electron chi connectivity index (χ3n) is 3.07. The molecule has 0 aliphatic carbocycles. The molecule has 3 nitrogen and oxygen atoms in total. The summed E-state index contributed by atoms with van der Waals surface area (Å²) in [6.07, 6.45) is 0. The van der Waals surface area contributed by atoms with Gasteiger partial charge in [-0.3, -0.25) is 0 Å². The van der Waals surface area contributed by atoms with Gasteiger partial charge in [-0.25, -0.2) is 0 Å². The summed E-state index contributed by atoms with van der Waals surface area (Å²) >= 11 is 0. The van der Waals surface area contributed by atoms with Crippen LogP contribution in [0, 0.1) is 6.92 Å². The molecule has 2 rings (SSSR count). The van der Waals surface area contributed by atoms with Crippen LogP contribution in [0.25, 0.3) is 0 Å². The SMILES string of the molecule is COc1cc(CN)cc(OCc2ccccc2C)c1. The van der Waals surface area contributed by atoms with Gasteiger partial charge in [-0.15, -0.1) is 0 Å². The van der Waals surface area contributed by atoms with Crippen molar-refractivity contribution in [1.29, 1.82) is 0 Å². The Labute approximate surface area is 114 Å². The van der Waals surface area contributed by atoms with Crippen molar-refractivity contribution in [3.05, 3.63) is 59.2 Å². The maximum absolute atomic E-state index is 5.82. The molecule has 0 heterocycles. The molecular formula is C16H19NO2. The summed E-state index contributed by atoms with van der Waals surface area (Å²) in [4.78, 5) is 0. The molecule has 2 aromatic carbocycles. The van der Waals surface area contributed by atoms with E-state index in [-0.39, 0.29) is 0 Å². The highest BCUT2D eigenvalue weighted by Crippen LogP contribution is 2.23. The monoisotopic (exact) mass is 257 g/mol. The molecule has 0 saturated carbocycles. The predicted molar refractivity (Wildman–Crippen MR) is 76.4 cm³/mol. The van der Waals surface area contributed by atoms with Gasteiger partial charge in [0.05, 0.1) is 7.11 Å². The van der Waals surface area contributed by atoms with E-state index < -0.39 is 0 Å². The summed E-state index contributed by atoms with van der Waals surface area (Å²) in [5.74, 6) is 1.55. The molecule has 0 aromatic heterocycles. The molecule has 19 heavy (non-hydrogen) atoms. The lowest BCUT2D eigenvalue weighted by Gasteiger charge is -2.11. The molecule has 2 aromatic rings. The van der Waals surface area contributed by atoms with Crippen molar-refractivity contribution in [3.63, 3.8) is 0 Å². The van der Waals surface area contributed by atoms with Crippen LogP contribution < -0.4 is 15.2 Å². The van der Waals surface area contributed by atoms with Crippen molar-refractivity contribution in [2.75, 3.05) is 7.11 Å². The van der Waals surface area contributed by atoms with Crippen LogP contribution in [0.3, 0.4) is 0 Å². The van der Waals surface area contributed by atoms with Gasteiger partial charge in [-0.1, -0.05) is 24.3 Å². The Balaban J connectivity index is 2.13. The first-order chi connectivity index (χ1) is 9.22. The zero-order valence-corrected chi connectivity index (χ0v) is 11.3. The fraction of sp³-hybridized carbons (Fsp3) is 0.250. The zero-order chi connectivity index (χ0) is 13.7. The zero-order valence-electron chi connectivity index (χ0n) is 11.3. The first kappa shape index (κ1) is 13.4. The number of hydrogen-bond donors (Lipinski definition) is 1. The van der Waals surface area contributed by atoms with Crippen molar-refractivity contribution in [2.24, 2.45) is 5.73 Å². The lowest BCUT2D eigenvalue weighted by molar-refractivity contribution is 0.302. The van der Waals surface area contributed by atoms with Gasteiger partial charge in [-0.2, -0.15) is 0 Å². The second kappa shape index (κ2) is 6.25. The third kappa shape index (κ3) is 3.48. The number of benzene rings is 2. The van der Waals surface area contributed by atoms with Crippen LogP contribution in [0.5, 0.6) is 11.5 Å². The molecule has 0 aliphatic rings. The Morgan fingerprint density at radius 1 is 1.05 bits per heavy atom. The minimum Gasteiger partial charge on any atom is -0.497 e. The van der Waals surface area contributed by atoms with Gasteiger partial charge >= 0.3 is 0 Å². The molecule has 0 saturated heterocycles. The van der Waals surface area contributed by atoms with Crippen molar-refractivity contribution >= 4 is 0 Å². The van der Waals surface area contributed by atoms with E-state index in [4.69, 9.17) is 15.2 Å². The van der Waals surface area contributed by atoms with Crippen molar-refractivity contribution < 1.29 is 9.47 Å². The van der Waals surface area contributed by atoms with Crippen molar-refractivity contribution in [3.8, 4) is 11.5 Å². The van der Waals surface area contributed by atoms with Gasteiger partial charge in [0.1, 0.15) is 18.1 Å². The number of methoxy groups -OCH3 is 1. The third-order valence-corrected chi connectivity index (χ3v) is 3.07. The second-order valence-corrected chi connectivity index (χ2v) is 4.44. The van der Waals surface area contributed by atoms with Gasteiger partial charge in [0.2, 0.25) is 0 Å². The van der Waals surface area contributed by atoms with E-state index in [9.17, 15) is 0 Å². The summed E-state index contributed by atoms with van der Waals surface area (Å²) in [5, 5.41) is 0. The number of rotatable bonds is 5. The topological polar surface area (TPSA) is 44.5 Å².